The molecule has 2 aromatic heterocycles. The van der Waals surface area contributed by atoms with E-state index in [9.17, 15) is 4.79 Å². The van der Waals surface area contributed by atoms with Crippen molar-refractivity contribution in [2.75, 3.05) is 32.9 Å². The summed E-state index contributed by atoms with van der Waals surface area (Å²) in [6.07, 6.45) is 3.58. The van der Waals surface area contributed by atoms with Gasteiger partial charge in [0.05, 0.1) is 31.3 Å². The molecule has 5 nitrogen and oxygen atoms in total. The van der Waals surface area contributed by atoms with Crippen LogP contribution in [0.15, 0.2) is 42.0 Å². The molecule has 2 atom stereocenters. The molecule has 0 N–H and O–H groups in total. The summed E-state index contributed by atoms with van der Waals surface area (Å²) in [4.78, 5) is 19.5. The number of fused-ring (bicyclic) bond motifs is 1. The van der Waals surface area contributed by atoms with Crippen molar-refractivity contribution in [3.8, 4) is 0 Å². The van der Waals surface area contributed by atoms with Crippen LogP contribution in [0.1, 0.15) is 15.2 Å². The lowest BCUT2D eigenvalue weighted by atomic mass is 9.82. The van der Waals surface area contributed by atoms with Crippen molar-refractivity contribution in [3.05, 3.63) is 52.5 Å². The van der Waals surface area contributed by atoms with Gasteiger partial charge in [0.25, 0.3) is 5.91 Å². The van der Waals surface area contributed by atoms with Crippen LogP contribution in [0.2, 0.25) is 0 Å². The molecule has 1 amide bonds. The maximum absolute atomic E-state index is 12.6. The molecule has 2 saturated heterocycles. The van der Waals surface area contributed by atoms with Gasteiger partial charge in [0.1, 0.15) is 0 Å². The molecule has 2 aliphatic rings. The van der Waals surface area contributed by atoms with Crippen molar-refractivity contribution >= 4 is 17.2 Å². The van der Waals surface area contributed by atoms with Gasteiger partial charge in [-0.1, -0.05) is 12.1 Å². The Bertz CT molecular complexity index is 692. The van der Waals surface area contributed by atoms with E-state index in [1.165, 1.54) is 11.3 Å². The van der Waals surface area contributed by atoms with E-state index in [1.807, 2.05) is 40.7 Å². The summed E-state index contributed by atoms with van der Waals surface area (Å²) in [5.41, 5.74) is 0.990. The predicted octanol–water partition coefficient (Wildman–Crippen LogP) is 2.45. The highest BCUT2D eigenvalue weighted by atomic mass is 32.1. The van der Waals surface area contributed by atoms with Crippen molar-refractivity contribution < 1.29 is 14.3 Å². The monoisotopic (exact) mass is 344 g/mol. The number of likely N-dealkylation sites (tertiary alicyclic amines) is 1. The third-order valence-electron chi connectivity index (χ3n) is 4.92. The Morgan fingerprint density at radius 3 is 3.21 bits per heavy atom. The van der Waals surface area contributed by atoms with E-state index >= 15 is 0 Å². The van der Waals surface area contributed by atoms with E-state index < -0.39 is 0 Å². The standard InChI is InChI=1S/C18H20N2O3S/c21-17(16-4-2-6-24-16)20-8-15-10-23-13-18(15,11-20)12-22-9-14-3-1-5-19-7-14/h1-7,15H,8-13H2/t15-,18-/m1/s1. The maximum Gasteiger partial charge on any atom is 0.263 e. The quantitative estimate of drug-likeness (QED) is 0.836. The minimum atomic E-state index is -0.0743. The summed E-state index contributed by atoms with van der Waals surface area (Å²) in [6, 6.07) is 7.73. The molecule has 6 heteroatoms. The summed E-state index contributed by atoms with van der Waals surface area (Å²) in [5.74, 6) is 0.487. The molecule has 0 saturated carbocycles. The average molecular weight is 344 g/mol. The second-order valence-corrected chi connectivity index (χ2v) is 7.54. The van der Waals surface area contributed by atoms with Gasteiger partial charge in [0.15, 0.2) is 0 Å². The molecule has 0 aliphatic carbocycles. The first-order valence-electron chi connectivity index (χ1n) is 8.14. The molecule has 0 aromatic carbocycles. The van der Waals surface area contributed by atoms with E-state index in [-0.39, 0.29) is 11.3 Å². The number of hydrogen-bond acceptors (Lipinski definition) is 5. The number of carbonyl (C=O) groups excluding carboxylic acids is 1. The van der Waals surface area contributed by atoms with Gasteiger partial charge in [-0.2, -0.15) is 0 Å². The minimum absolute atomic E-state index is 0.0743. The van der Waals surface area contributed by atoms with Gasteiger partial charge in [-0.3, -0.25) is 9.78 Å². The van der Waals surface area contributed by atoms with Crippen molar-refractivity contribution in [3.63, 3.8) is 0 Å². The number of carbonyl (C=O) groups is 1. The number of pyridine rings is 1. The van der Waals surface area contributed by atoms with Gasteiger partial charge in [-0.25, -0.2) is 0 Å². The summed E-state index contributed by atoms with van der Waals surface area (Å²) in [6.45, 7) is 4.00. The Labute approximate surface area is 145 Å². The van der Waals surface area contributed by atoms with Crippen molar-refractivity contribution in [2.45, 2.75) is 6.61 Å². The highest BCUT2D eigenvalue weighted by Crippen LogP contribution is 2.42. The Hall–Kier alpha value is -1.76. The SMILES string of the molecule is O=C(c1cccs1)N1C[C@@H]2COC[C@]2(COCc2cccnc2)C1. The number of rotatable bonds is 5. The average Bonchev–Trinajstić information content (AvgIpc) is 3.31. The van der Waals surface area contributed by atoms with Crippen LogP contribution in [0.4, 0.5) is 0 Å². The highest BCUT2D eigenvalue weighted by Gasteiger charge is 2.52. The second kappa shape index (κ2) is 6.63. The van der Waals surface area contributed by atoms with E-state index in [0.717, 1.165) is 17.0 Å². The number of nitrogens with zero attached hydrogens (tertiary/aromatic N) is 2. The molecule has 2 fully saturated rings. The van der Waals surface area contributed by atoms with Crippen molar-refractivity contribution in [2.24, 2.45) is 11.3 Å². The fraction of sp³-hybridized carbons (Fsp3) is 0.444. The van der Waals surface area contributed by atoms with E-state index in [4.69, 9.17) is 9.47 Å². The van der Waals surface area contributed by atoms with Gasteiger partial charge in [-0.05, 0) is 23.1 Å². The summed E-state index contributed by atoms with van der Waals surface area (Å²) < 4.78 is 11.7. The highest BCUT2D eigenvalue weighted by molar-refractivity contribution is 7.12. The fourth-order valence-corrected chi connectivity index (χ4v) is 4.29. The third-order valence-corrected chi connectivity index (χ3v) is 5.78. The van der Waals surface area contributed by atoms with Crippen LogP contribution in [0.5, 0.6) is 0 Å². The number of hydrogen-bond donors (Lipinski definition) is 0. The fourth-order valence-electron chi connectivity index (χ4n) is 3.60. The van der Waals surface area contributed by atoms with Gasteiger partial charge in [0.2, 0.25) is 0 Å². The van der Waals surface area contributed by atoms with Crippen molar-refractivity contribution in [1.29, 1.82) is 0 Å². The Balaban J connectivity index is 1.40. The van der Waals surface area contributed by atoms with E-state index in [2.05, 4.69) is 4.98 Å². The normalized spacial score (nSPS) is 25.8. The zero-order chi connectivity index (χ0) is 16.4. The first-order chi connectivity index (χ1) is 11.8. The molecule has 2 aliphatic heterocycles. The first-order valence-corrected chi connectivity index (χ1v) is 9.02. The molecule has 0 unspecified atom stereocenters. The predicted molar refractivity (Wildman–Crippen MR) is 90.9 cm³/mol. The topological polar surface area (TPSA) is 51.7 Å². The molecule has 0 bridgehead atoms. The molecule has 24 heavy (non-hydrogen) atoms. The summed E-state index contributed by atoms with van der Waals surface area (Å²) >= 11 is 1.50. The van der Waals surface area contributed by atoms with Gasteiger partial charge in [-0.15, -0.1) is 11.3 Å². The van der Waals surface area contributed by atoms with Crippen molar-refractivity contribution in [1.82, 2.24) is 9.88 Å². The van der Waals surface area contributed by atoms with Gasteiger partial charge >= 0.3 is 0 Å². The second-order valence-electron chi connectivity index (χ2n) is 6.59. The molecule has 4 rings (SSSR count). The Morgan fingerprint density at radius 2 is 2.42 bits per heavy atom. The zero-order valence-corrected chi connectivity index (χ0v) is 14.2. The lowest BCUT2D eigenvalue weighted by Crippen LogP contribution is -2.37. The lowest BCUT2D eigenvalue weighted by molar-refractivity contribution is 0.0186. The van der Waals surface area contributed by atoms with Crippen LogP contribution in [-0.2, 0) is 16.1 Å². The molecular weight excluding hydrogens is 324 g/mol. The van der Waals surface area contributed by atoms with Crippen LogP contribution < -0.4 is 0 Å². The Kier molecular flexibility index (Phi) is 4.35. The van der Waals surface area contributed by atoms with E-state index in [1.54, 1.807) is 6.20 Å². The Morgan fingerprint density at radius 1 is 1.46 bits per heavy atom. The van der Waals surface area contributed by atoms with Crippen LogP contribution in [-0.4, -0.2) is 48.7 Å². The van der Waals surface area contributed by atoms with Crippen LogP contribution in [0.25, 0.3) is 0 Å². The molecule has 2 aromatic rings. The number of thiophene rings is 1. The summed E-state index contributed by atoms with van der Waals surface area (Å²) in [7, 11) is 0. The smallest absolute Gasteiger partial charge is 0.263 e. The number of aromatic nitrogens is 1. The molecule has 0 spiro atoms. The maximum atomic E-state index is 12.6. The largest absolute Gasteiger partial charge is 0.380 e. The minimum Gasteiger partial charge on any atom is -0.380 e. The van der Waals surface area contributed by atoms with Crippen LogP contribution in [0.3, 0.4) is 0 Å². The zero-order valence-electron chi connectivity index (χ0n) is 13.4. The molecule has 126 valence electrons. The number of ether oxygens (including phenoxy) is 2. The first kappa shape index (κ1) is 15.7. The van der Waals surface area contributed by atoms with E-state index in [0.29, 0.717) is 38.9 Å². The number of amides is 1. The van der Waals surface area contributed by atoms with Gasteiger partial charge < -0.3 is 14.4 Å². The van der Waals surface area contributed by atoms with Crippen LogP contribution >= 0.6 is 11.3 Å². The molecule has 4 heterocycles. The van der Waals surface area contributed by atoms with Gasteiger partial charge in [0, 0.05) is 36.8 Å². The van der Waals surface area contributed by atoms with Crippen LogP contribution in [0, 0.1) is 11.3 Å². The molecule has 0 radical (unpaired) electrons. The lowest BCUT2D eigenvalue weighted by Gasteiger charge is -2.26. The third kappa shape index (κ3) is 2.97. The summed E-state index contributed by atoms with van der Waals surface area (Å²) in [5, 5.41) is 1.94. The molecular formula is C18H20N2O3S.